The molecule has 1 fully saturated rings. The van der Waals surface area contributed by atoms with Gasteiger partial charge < -0.3 is 25.4 Å². The molecule has 4 N–H and O–H groups in total. The van der Waals surface area contributed by atoms with Crippen LogP contribution in [0.15, 0.2) is 72.8 Å². The summed E-state index contributed by atoms with van der Waals surface area (Å²) < 4.78 is 6.23. The average molecular weight is 649 g/mol. The Labute approximate surface area is 278 Å². The fraction of sp³-hybridized carbons (Fsp3) is 0.179. The second-order valence-electron chi connectivity index (χ2n) is 12.7. The molecule has 238 valence electrons. The molecule has 3 aliphatic heterocycles. The number of nitrogens with one attached hydrogen (secondary N) is 1. The van der Waals surface area contributed by atoms with E-state index in [9.17, 15) is 34.5 Å². The van der Waals surface area contributed by atoms with E-state index in [1.807, 2.05) is 0 Å². The molecular weight excluding hydrogens is 624 g/mol. The van der Waals surface area contributed by atoms with Crippen LogP contribution in [0, 0.1) is 23.7 Å². The van der Waals surface area contributed by atoms with Gasteiger partial charge in [0.1, 0.15) is 11.8 Å². The number of allylic oxidation sites excluding steroid dienone is 2. The first-order chi connectivity index (χ1) is 23.6. The van der Waals surface area contributed by atoms with Crippen molar-refractivity contribution in [3.63, 3.8) is 0 Å². The zero-order valence-electron chi connectivity index (χ0n) is 25.7. The molecule has 10 heteroatoms. The number of ketones is 2. The number of amides is 2. The monoisotopic (exact) mass is 648 g/mol. The molecule has 0 radical (unpaired) electrons. The first-order valence-electron chi connectivity index (χ1n) is 15.6. The van der Waals surface area contributed by atoms with E-state index in [1.54, 1.807) is 54.6 Å². The van der Waals surface area contributed by atoms with Gasteiger partial charge in [-0.1, -0.05) is 47.9 Å². The van der Waals surface area contributed by atoms with Crippen molar-refractivity contribution in [3.05, 3.63) is 117 Å². The number of hydrogen-bond acceptors (Lipinski definition) is 9. The van der Waals surface area contributed by atoms with E-state index in [4.69, 9.17) is 4.74 Å². The lowest BCUT2D eigenvalue weighted by Gasteiger charge is -2.37. The van der Waals surface area contributed by atoms with Crippen LogP contribution in [0.1, 0.15) is 70.6 Å². The number of anilines is 1. The Morgan fingerprint density at radius 2 is 1.51 bits per heavy atom. The minimum absolute atomic E-state index is 0.0154. The standard InChI is InChI=1S/C39H24N2O8/c1-19(42)38-29-10-4-2-3-5-11-30(44)39(38,49-38)27-17-28(43)31-32(33(27)40-29)35(46)25-15-21-13-12-20(14-22(21)16-26(25)34(31)45)18-41-36(47)23-8-6-7-9-24(23)37(41)48/h2-3,6-9,12-17,19,29-30,40,42-44H,18H2,1H3/b3-2-/t19-,29+,30-,38+,39+/m1/s1. The van der Waals surface area contributed by atoms with Gasteiger partial charge in [0.15, 0.2) is 28.9 Å². The molecule has 0 unspecified atom stereocenters. The summed E-state index contributed by atoms with van der Waals surface area (Å²) in [6.07, 6.45) is 0.336. The van der Waals surface area contributed by atoms with Crippen LogP contribution >= 0.6 is 0 Å². The highest BCUT2D eigenvalue weighted by Crippen LogP contribution is 2.67. The molecule has 2 amide bonds. The maximum atomic E-state index is 14.4. The van der Waals surface area contributed by atoms with Gasteiger partial charge in [-0.15, -0.1) is 0 Å². The molecule has 0 saturated carbocycles. The maximum absolute atomic E-state index is 14.4. The van der Waals surface area contributed by atoms with Crippen LogP contribution in [-0.4, -0.2) is 67.5 Å². The lowest BCUT2D eigenvalue weighted by molar-refractivity contribution is 0.0641. The number of rotatable bonds is 3. The number of hydrogen-bond donors (Lipinski definition) is 4. The number of carbonyl (C=O) groups is 4. The molecule has 0 spiro atoms. The summed E-state index contributed by atoms with van der Waals surface area (Å²) in [5, 5.41) is 38.2. The van der Waals surface area contributed by atoms with Crippen LogP contribution in [0.5, 0.6) is 5.75 Å². The van der Waals surface area contributed by atoms with Crippen molar-refractivity contribution >= 4 is 39.8 Å². The van der Waals surface area contributed by atoms with Gasteiger partial charge in [0.2, 0.25) is 0 Å². The molecule has 3 heterocycles. The van der Waals surface area contributed by atoms with E-state index in [1.165, 1.54) is 30.0 Å². The molecule has 1 saturated heterocycles. The number of imide groups is 1. The van der Waals surface area contributed by atoms with Gasteiger partial charge >= 0.3 is 0 Å². The van der Waals surface area contributed by atoms with E-state index >= 15 is 0 Å². The summed E-state index contributed by atoms with van der Waals surface area (Å²) in [4.78, 5) is 55.7. The Morgan fingerprint density at radius 3 is 2.20 bits per heavy atom. The van der Waals surface area contributed by atoms with E-state index < -0.39 is 46.8 Å². The van der Waals surface area contributed by atoms with Crippen LogP contribution in [0.25, 0.3) is 10.8 Å². The molecule has 2 aliphatic carbocycles. The minimum Gasteiger partial charge on any atom is -0.507 e. The number of phenols is 1. The third-order valence-electron chi connectivity index (χ3n) is 10.2. The van der Waals surface area contributed by atoms with E-state index in [0.29, 0.717) is 27.5 Å². The first kappa shape index (κ1) is 29.1. The Bertz CT molecular complexity index is 2420. The van der Waals surface area contributed by atoms with Crippen molar-refractivity contribution in [2.24, 2.45) is 0 Å². The topological polar surface area (TPSA) is 157 Å². The second kappa shape index (κ2) is 9.75. The Hall–Kier alpha value is -6.04. The van der Waals surface area contributed by atoms with Crippen molar-refractivity contribution in [3.8, 4) is 29.4 Å². The van der Waals surface area contributed by atoms with Gasteiger partial charge in [-0.25, -0.2) is 0 Å². The third kappa shape index (κ3) is 3.62. The van der Waals surface area contributed by atoms with Crippen molar-refractivity contribution in [2.75, 3.05) is 5.32 Å². The zero-order chi connectivity index (χ0) is 34.0. The van der Waals surface area contributed by atoms with Gasteiger partial charge in [-0.05, 0) is 71.8 Å². The summed E-state index contributed by atoms with van der Waals surface area (Å²) in [6.45, 7) is 1.52. The highest BCUT2D eigenvalue weighted by atomic mass is 16.7. The Morgan fingerprint density at radius 1 is 0.857 bits per heavy atom. The predicted molar refractivity (Wildman–Crippen MR) is 175 cm³/mol. The van der Waals surface area contributed by atoms with Gasteiger partial charge in [0, 0.05) is 16.7 Å². The number of nitrogens with zero attached hydrogens (tertiary/aromatic N) is 1. The summed E-state index contributed by atoms with van der Waals surface area (Å²) in [5.74, 6) is 8.90. The van der Waals surface area contributed by atoms with Gasteiger partial charge in [-0.2, -0.15) is 0 Å². The lowest BCUT2D eigenvalue weighted by Crippen LogP contribution is -2.54. The van der Waals surface area contributed by atoms with Gasteiger partial charge in [0.25, 0.3) is 11.8 Å². The predicted octanol–water partition coefficient (Wildman–Crippen LogP) is 3.19. The quantitative estimate of drug-likeness (QED) is 0.0999. The number of fused-ring (bicyclic) bond motifs is 6. The summed E-state index contributed by atoms with van der Waals surface area (Å²) in [5.41, 5.74) is -1.58. The number of benzene rings is 4. The summed E-state index contributed by atoms with van der Waals surface area (Å²) in [6, 6.07) is 15.4. The molecule has 5 atom stereocenters. The minimum atomic E-state index is -1.66. The number of aromatic hydroxyl groups is 1. The summed E-state index contributed by atoms with van der Waals surface area (Å²) in [7, 11) is 0. The number of aliphatic hydroxyl groups is 2. The normalized spacial score (nSPS) is 26.5. The molecule has 49 heavy (non-hydrogen) atoms. The lowest BCUT2D eigenvalue weighted by atomic mass is 9.69. The molecule has 9 rings (SSSR count). The van der Waals surface area contributed by atoms with Crippen LogP contribution in [0.2, 0.25) is 0 Å². The maximum Gasteiger partial charge on any atom is 0.261 e. The van der Waals surface area contributed by atoms with Gasteiger partial charge in [-0.3, -0.25) is 24.1 Å². The number of aliphatic hydroxyl groups excluding tert-OH is 2. The van der Waals surface area contributed by atoms with Crippen LogP contribution < -0.4 is 5.32 Å². The Kier molecular flexibility index (Phi) is 5.80. The molecule has 10 nitrogen and oxygen atoms in total. The largest absolute Gasteiger partial charge is 0.507 e. The van der Waals surface area contributed by atoms with Crippen molar-refractivity contribution < 1.29 is 39.2 Å². The van der Waals surface area contributed by atoms with Crippen LogP contribution in [0.4, 0.5) is 5.69 Å². The number of phenolic OH excluding ortho intramolecular Hbond substituents is 1. The average Bonchev–Trinajstić information content (AvgIpc) is 3.78. The Balaban J connectivity index is 1.15. The number of epoxide rings is 1. The molecule has 4 aromatic rings. The molecule has 0 aromatic heterocycles. The van der Waals surface area contributed by atoms with Gasteiger partial charge in [0.05, 0.1) is 40.6 Å². The second-order valence-corrected chi connectivity index (χ2v) is 12.7. The van der Waals surface area contributed by atoms with E-state index in [-0.39, 0.29) is 51.9 Å². The molecule has 4 aromatic carbocycles. The first-order valence-corrected chi connectivity index (χ1v) is 15.6. The molecule has 5 aliphatic rings. The smallest absolute Gasteiger partial charge is 0.261 e. The van der Waals surface area contributed by atoms with Crippen LogP contribution in [0.3, 0.4) is 0 Å². The number of carbonyl (C=O) groups excluding carboxylic acids is 4. The number of ether oxygens (including phenoxy) is 1. The van der Waals surface area contributed by atoms with Crippen LogP contribution in [-0.2, 0) is 16.9 Å². The van der Waals surface area contributed by atoms with Crippen molar-refractivity contribution in [1.29, 1.82) is 0 Å². The third-order valence-corrected chi connectivity index (χ3v) is 10.2. The highest BCUT2D eigenvalue weighted by molar-refractivity contribution is 6.32. The summed E-state index contributed by atoms with van der Waals surface area (Å²) >= 11 is 0. The van der Waals surface area contributed by atoms with E-state index in [2.05, 4.69) is 29.0 Å². The van der Waals surface area contributed by atoms with Crippen molar-refractivity contribution in [2.45, 2.75) is 42.9 Å². The van der Waals surface area contributed by atoms with Crippen molar-refractivity contribution in [1.82, 2.24) is 4.90 Å². The zero-order valence-corrected chi connectivity index (χ0v) is 25.7. The fourth-order valence-corrected chi connectivity index (χ4v) is 7.90. The highest BCUT2D eigenvalue weighted by Gasteiger charge is 2.82. The fourth-order valence-electron chi connectivity index (χ4n) is 7.90. The molecule has 2 bridgehead atoms. The van der Waals surface area contributed by atoms with E-state index in [0.717, 1.165) is 0 Å². The molecular formula is C39H24N2O8. The SMILES string of the molecule is C[C@@H](O)[C@@]12O[C@]13c1cc(O)c4c(c1N[C@H]2C#C/C=C\C#C[C@H]3O)C(=O)c1cc2ccc(CN3C(=O)c5ccccc5C3=O)cc2cc1C4=O.